The fourth-order valence-corrected chi connectivity index (χ4v) is 3.69. The predicted molar refractivity (Wildman–Crippen MR) is 114 cm³/mol. The molecule has 0 aliphatic carbocycles. The van der Waals surface area contributed by atoms with E-state index >= 15 is 0 Å². The largest absolute Gasteiger partial charge is 0.489 e. The maximum absolute atomic E-state index is 13.2. The molecular formula is C21H16ClFN4O2S. The molecule has 0 fully saturated rings. The molecule has 0 aliphatic heterocycles. The average molecular weight is 443 g/mol. The Bertz CT molecular complexity index is 1160. The van der Waals surface area contributed by atoms with E-state index in [0.29, 0.717) is 28.6 Å². The summed E-state index contributed by atoms with van der Waals surface area (Å²) in [5, 5.41) is 9.07. The molecule has 0 unspecified atom stereocenters. The first-order chi connectivity index (χ1) is 14.6. The molecule has 2 aromatic heterocycles. The van der Waals surface area contributed by atoms with Gasteiger partial charge < -0.3 is 4.74 Å². The second-order valence-corrected chi connectivity index (χ2v) is 7.69. The Balaban J connectivity index is 1.35. The van der Waals surface area contributed by atoms with Crippen LogP contribution in [0, 0.1) is 5.82 Å². The van der Waals surface area contributed by atoms with Crippen LogP contribution in [0.1, 0.15) is 20.8 Å². The third-order valence-corrected chi connectivity index (χ3v) is 5.47. The lowest BCUT2D eigenvalue weighted by atomic mass is 10.2. The molecule has 4 aromatic rings. The van der Waals surface area contributed by atoms with Crippen molar-refractivity contribution in [3.05, 3.63) is 93.1 Å². The summed E-state index contributed by atoms with van der Waals surface area (Å²) in [6.45, 7) is 0.682. The Kier molecular flexibility index (Phi) is 6.06. The zero-order valence-corrected chi connectivity index (χ0v) is 17.2. The van der Waals surface area contributed by atoms with Gasteiger partial charge in [-0.2, -0.15) is 0 Å². The highest BCUT2D eigenvalue weighted by Gasteiger charge is 2.13. The maximum Gasteiger partial charge on any atom is 0.268 e. The number of anilines is 1. The van der Waals surface area contributed by atoms with Gasteiger partial charge in [0.15, 0.2) is 0 Å². The van der Waals surface area contributed by atoms with Crippen molar-refractivity contribution in [2.75, 3.05) is 5.32 Å². The van der Waals surface area contributed by atoms with Crippen LogP contribution in [0.25, 0.3) is 0 Å². The minimum Gasteiger partial charge on any atom is -0.489 e. The minimum absolute atomic E-state index is 0.175. The number of rotatable bonds is 7. The van der Waals surface area contributed by atoms with Crippen LogP contribution in [-0.2, 0) is 13.2 Å². The van der Waals surface area contributed by atoms with E-state index in [1.165, 1.54) is 34.5 Å². The Labute approximate surface area is 180 Å². The van der Waals surface area contributed by atoms with Crippen molar-refractivity contribution < 1.29 is 13.9 Å². The van der Waals surface area contributed by atoms with Crippen LogP contribution in [0.15, 0.2) is 66.3 Å². The molecule has 0 saturated heterocycles. The molecule has 1 amide bonds. The lowest BCUT2D eigenvalue weighted by Gasteiger charge is -2.04. The van der Waals surface area contributed by atoms with Gasteiger partial charge in [0, 0.05) is 10.6 Å². The van der Waals surface area contributed by atoms with Gasteiger partial charge in [0.1, 0.15) is 24.5 Å². The second-order valence-electron chi connectivity index (χ2n) is 6.38. The highest BCUT2D eigenvalue weighted by atomic mass is 35.5. The standard InChI is InChI=1S/C21H16ClFN4O2S/c22-18-9-16(23)7-6-15(18)10-27-13-24-21(26-27)25-20(28)19-8-14(12-30-19)11-29-17-4-2-1-3-5-17/h1-9,12-13H,10-11H2,(H,25,26,28). The molecule has 6 nitrogen and oxygen atoms in total. The first kappa shape index (κ1) is 20.1. The molecule has 9 heteroatoms. The molecule has 152 valence electrons. The van der Waals surface area contributed by atoms with Gasteiger partial charge in [-0.15, -0.1) is 16.4 Å². The Morgan fingerprint density at radius 1 is 1.20 bits per heavy atom. The smallest absolute Gasteiger partial charge is 0.268 e. The van der Waals surface area contributed by atoms with Gasteiger partial charge in [-0.05, 0) is 41.3 Å². The molecule has 4 rings (SSSR count). The number of benzene rings is 2. The summed E-state index contributed by atoms with van der Waals surface area (Å²) in [7, 11) is 0. The van der Waals surface area contributed by atoms with E-state index in [2.05, 4.69) is 15.4 Å². The number of nitrogens with zero attached hydrogens (tertiary/aromatic N) is 3. The third kappa shape index (κ3) is 5.03. The zero-order valence-electron chi connectivity index (χ0n) is 15.6. The van der Waals surface area contributed by atoms with Crippen molar-refractivity contribution >= 4 is 34.8 Å². The van der Waals surface area contributed by atoms with Gasteiger partial charge in [-0.1, -0.05) is 35.9 Å². The van der Waals surface area contributed by atoms with Crippen molar-refractivity contribution in [1.82, 2.24) is 14.8 Å². The predicted octanol–water partition coefficient (Wildman–Crippen LogP) is 5.01. The van der Waals surface area contributed by atoms with E-state index in [9.17, 15) is 9.18 Å². The fraction of sp³-hybridized carbons (Fsp3) is 0.0952. The molecule has 0 radical (unpaired) electrons. The Morgan fingerprint density at radius 2 is 2.03 bits per heavy atom. The van der Waals surface area contributed by atoms with E-state index < -0.39 is 5.82 Å². The van der Waals surface area contributed by atoms with E-state index in [4.69, 9.17) is 16.3 Å². The molecule has 0 aliphatic rings. The average Bonchev–Trinajstić information content (AvgIpc) is 3.39. The molecule has 0 atom stereocenters. The summed E-state index contributed by atoms with van der Waals surface area (Å²) in [5.41, 5.74) is 1.60. The summed E-state index contributed by atoms with van der Waals surface area (Å²) in [6.07, 6.45) is 1.48. The van der Waals surface area contributed by atoms with Gasteiger partial charge in [0.2, 0.25) is 5.95 Å². The quantitative estimate of drug-likeness (QED) is 0.436. The summed E-state index contributed by atoms with van der Waals surface area (Å²) < 4.78 is 20.4. The third-order valence-electron chi connectivity index (χ3n) is 4.14. The van der Waals surface area contributed by atoms with Crippen molar-refractivity contribution in [1.29, 1.82) is 0 Å². The van der Waals surface area contributed by atoms with Crippen molar-refractivity contribution in [3.8, 4) is 5.75 Å². The summed E-state index contributed by atoms with van der Waals surface area (Å²) in [6, 6.07) is 15.4. The van der Waals surface area contributed by atoms with Crippen LogP contribution < -0.4 is 10.1 Å². The number of carbonyl (C=O) groups excluding carboxylic acids is 1. The van der Waals surface area contributed by atoms with Crippen molar-refractivity contribution in [2.45, 2.75) is 13.2 Å². The number of nitrogens with one attached hydrogen (secondary N) is 1. The van der Waals surface area contributed by atoms with Gasteiger partial charge >= 0.3 is 0 Å². The first-order valence-electron chi connectivity index (χ1n) is 8.97. The van der Waals surface area contributed by atoms with Crippen LogP contribution in [0.4, 0.5) is 10.3 Å². The number of hydrogen-bond acceptors (Lipinski definition) is 5. The highest BCUT2D eigenvalue weighted by Crippen LogP contribution is 2.20. The van der Waals surface area contributed by atoms with Crippen LogP contribution in [-0.4, -0.2) is 20.7 Å². The molecule has 1 N–H and O–H groups in total. The number of para-hydroxylation sites is 1. The maximum atomic E-state index is 13.2. The fourth-order valence-electron chi connectivity index (χ4n) is 2.67. The van der Waals surface area contributed by atoms with E-state index in [1.807, 2.05) is 35.7 Å². The summed E-state index contributed by atoms with van der Waals surface area (Å²) >= 11 is 7.35. The van der Waals surface area contributed by atoms with E-state index in [0.717, 1.165) is 11.3 Å². The molecule has 2 heterocycles. The SMILES string of the molecule is O=C(Nc1ncn(Cc2ccc(F)cc2Cl)n1)c1cc(COc2ccccc2)cs1. The van der Waals surface area contributed by atoms with Crippen LogP contribution in [0.3, 0.4) is 0 Å². The number of hydrogen-bond donors (Lipinski definition) is 1. The van der Waals surface area contributed by atoms with Gasteiger partial charge in [0.25, 0.3) is 5.91 Å². The number of halogens is 2. The highest BCUT2D eigenvalue weighted by molar-refractivity contribution is 7.12. The number of thiophene rings is 1. The van der Waals surface area contributed by atoms with E-state index in [1.54, 1.807) is 12.1 Å². The Morgan fingerprint density at radius 3 is 2.83 bits per heavy atom. The van der Waals surface area contributed by atoms with Gasteiger partial charge in [-0.3, -0.25) is 10.1 Å². The van der Waals surface area contributed by atoms with Crippen molar-refractivity contribution in [2.24, 2.45) is 0 Å². The van der Waals surface area contributed by atoms with Crippen LogP contribution in [0.5, 0.6) is 5.75 Å². The van der Waals surface area contributed by atoms with Crippen LogP contribution in [0.2, 0.25) is 5.02 Å². The molecule has 2 aromatic carbocycles. The molecular weight excluding hydrogens is 427 g/mol. The Hall–Kier alpha value is -3.23. The minimum atomic E-state index is -0.403. The molecule has 0 bridgehead atoms. The van der Waals surface area contributed by atoms with Crippen LogP contribution >= 0.6 is 22.9 Å². The normalized spacial score (nSPS) is 10.7. The molecule has 0 spiro atoms. The lowest BCUT2D eigenvalue weighted by Crippen LogP contribution is -2.12. The molecule has 30 heavy (non-hydrogen) atoms. The topological polar surface area (TPSA) is 69.0 Å². The van der Waals surface area contributed by atoms with Gasteiger partial charge in [0.05, 0.1) is 11.4 Å². The van der Waals surface area contributed by atoms with E-state index in [-0.39, 0.29) is 11.9 Å². The summed E-state index contributed by atoms with van der Waals surface area (Å²) in [5.74, 6) is 0.239. The van der Waals surface area contributed by atoms with Crippen molar-refractivity contribution in [3.63, 3.8) is 0 Å². The molecule has 0 saturated carbocycles. The summed E-state index contributed by atoms with van der Waals surface area (Å²) in [4.78, 5) is 17.1. The number of amides is 1. The van der Waals surface area contributed by atoms with Gasteiger partial charge in [-0.25, -0.2) is 14.1 Å². The second kappa shape index (κ2) is 9.06. The first-order valence-corrected chi connectivity index (χ1v) is 10.2. The monoisotopic (exact) mass is 442 g/mol. The number of aromatic nitrogens is 3. The zero-order chi connectivity index (χ0) is 20.9. The lowest BCUT2D eigenvalue weighted by molar-refractivity contribution is 0.102. The number of carbonyl (C=O) groups is 1. The number of ether oxygens (including phenoxy) is 1.